The summed E-state index contributed by atoms with van der Waals surface area (Å²) in [4.78, 5) is 0. The third kappa shape index (κ3) is 1.99. The van der Waals surface area contributed by atoms with Crippen LogP contribution in [0.15, 0.2) is 28.0 Å². The molecule has 0 atom stereocenters. The molecule has 2 aliphatic rings. The van der Waals surface area contributed by atoms with Gasteiger partial charge in [-0.15, -0.1) is 0 Å². The quantitative estimate of drug-likeness (QED) is 0.598. The van der Waals surface area contributed by atoms with Crippen molar-refractivity contribution in [1.29, 1.82) is 0 Å². The SMILES string of the molecule is ClC1=C(Cl)SC(=C2SC=CS2)S1. The first kappa shape index (κ1) is 9.74. The van der Waals surface area contributed by atoms with Crippen LogP contribution in [0.1, 0.15) is 0 Å². The highest BCUT2D eigenvalue weighted by Gasteiger charge is 2.22. The van der Waals surface area contributed by atoms with Crippen molar-refractivity contribution in [2.75, 3.05) is 0 Å². The monoisotopic (exact) mass is 272 g/mol. The zero-order valence-electron chi connectivity index (χ0n) is 5.54. The maximum absolute atomic E-state index is 5.85. The Morgan fingerprint density at radius 1 is 0.833 bits per heavy atom. The van der Waals surface area contributed by atoms with Gasteiger partial charge in [-0.05, 0) is 10.8 Å². The molecule has 0 aromatic carbocycles. The van der Waals surface area contributed by atoms with Crippen molar-refractivity contribution in [3.63, 3.8) is 0 Å². The van der Waals surface area contributed by atoms with Crippen LogP contribution in [0, 0.1) is 0 Å². The van der Waals surface area contributed by atoms with E-state index in [4.69, 9.17) is 23.2 Å². The van der Waals surface area contributed by atoms with E-state index in [1.165, 1.54) is 8.47 Å². The molecule has 2 rings (SSSR count). The number of thioether (sulfide) groups is 4. The summed E-state index contributed by atoms with van der Waals surface area (Å²) >= 11 is 18.2. The highest BCUT2D eigenvalue weighted by molar-refractivity contribution is 8.34. The lowest BCUT2D eigenvalue weighted by Crippen LogP contribution is -1.64. The second kappa shape index (κ2) is 4.15. The second-order valence-electron chi connectivity index (χ2n) is 1.83. The Labute approximate surface area is 97.6 Å². The van der Waals surface area contributed by atoms with Gasteiger partial charge in [0.1, 0.15) is 8.73 Å². The fourth-order valence-electron chi connectivity index (χ4n) is 0.650. The molecule has 0 spiro atoms. The molecule has 0 aromatic heterocycles. The van der Waals surface area contributed by atoms with Crippen molar-refractivity contribution >= 4 is 70.2 Å². The van der Waals surface area contributed by atoms with Crippen LogP contribution in [0.4, 0.5) is 0 Å². The third-order valence-electron chi connectivity index (χ3n) is 1.09. The lowest BCUT2D eigenvalue weighted by molar-refractivity contribution is 2.33. The van der Waals surface area contributed by atoms with Crippen LogP contribution in [-0.4, -0.2) is 0 Å². The molecule has 0 nitrogen and oxygen atoms in total. The van der Waals surface area contributed by atoms with Gasteiger partial charge in [0.25, 0.3) is 0 Å². The van der Waals surface area contributed by atoms with Crippen LogP contribution >= 0.6 is 70.2 Å². The maximum Gasteiger partial charge on any atom is 0.104 e. The normalized spacial score (nSPS) is 23.2. The van der Waals surface area contributed by atoms with Gasteiger partial charge in [0.05, 0.1) is 8.47 Å². The lowest BCUT2D eigenvalue weighted by atomic mass is 11.2. The molecule has 6 heteroatoms. The molecular formula is C6H2Cl2S4. The Morgan fingerprint density at radius 2 is 1.33 bits per heavy atom. The smallest absolute Gasteiger partial charge is 0.0884 e. The van der Waals surface area contributed by atoms with Crippen LogP contribution in [0.2, 0.25) is 0 Å². The molecule has 12 heavy (non-hydrogen) atoms. The van der Waals surface area contributed by atoms with E-state index in [0.29, 0.717) is 8.73 Å². The second-order valence-corrected chi connectivity index (χ2v) is 7.43. The molecule has 0 radical (unpaired) electrons. The molecule has 0 saturated carbocycles. The van der Waals surface area contributed by atoms with Crippen molar-refractivity contribution in [2.45, 2.75) is 0 Å². The van der Waals surface area contributed by atoms with Crippen LogP contribution < -0.4 is 0 Å². The fraction of sp³-hybridized carbons (Fsp3) is 0. The minimum absolute atomic E-state index is 0.692. The van der Waals surface area contributed by atoms with Gasteiger partial charge in [0.15, 0.2) is 0 Å². The third-order valence-corrected chi connectivity index (χ3v) is 7.08. The first-order chi connectivity index (χ1) is 5.77. The first-order valence-electron chi connectivity index (χ1n) is 2.91. The van der Waals surface area contributed by atoms with E-state index in [-0.39, 0.29) is 0 Å². The Morgan fingerprint density at radius 3 is 1.83 bits per heavy atom. The predicted octanol–water partition coefficient (Wildman–Crippen LogP) is 5.15. The molecule has 0 amide bonds. The topological polar surface area (TPSA) is 0 Å². The van der Waals surface area contributed by atoms with E-state index in [0.717, 1.165) is 0 Å². The fourth-order valence-corrected chi connectivity index (χ4v) is 5.71. The number of rotatable bonds is 0. The summed E-state index contributed by atoms with van der Waals surface area (Å²) in [6, 6.07) is 0. The summed E-state index contributed by atoms with van der Waals surface area (Å²) in [6.07, 6.45) is 0. The van der Waals surface area contributed by atoms with Crippen LogP contribution in [0.25, 0.3) is 0 Å². The summed E-state index contributed by atoms with van der Waals surface area (Å²) in [5.41, 5.74) is 0. The molecule has 0 aliphatic carbocycles. The summed E-state index contributed by atoms with van der Waals surface area (Å²) in [5, 5.41) is 4.13. The average molecular weight is 273 g/mol. The number of hydrogen-bond donors (Lipinski definition) is 0. The highest BCUT2D eigenvalue weighted by atomic mass is 35.5. The van der Waals surface area contributed by atoms with Gasteiger partial charge in [0.2, 0.25) is 0 Å². The minimum atomic E-state index is 0.692. The summed E-state index contributed by atoms with van der Waals surface area (Å²) in [6.45, 7) is 0. The van der Waals surface area contributed by atoms with Gasteiger partial charge in [0, 0.05) is 0 Å². The van der Waals surface area contributed by atoms with Crippen molar-refractivity contribution in [3.05, 3.63) is 28.0 Å². The van der Waals surface area contributed by atoms with Crippen molar-refractivity contribution in [3.8, 4) is 0 Å². The molecule has 2 heterocycles. The summed E-state index contributed by atoms with van der Waals surface area (Å²) in [7, 11) is 0. The van der Waals surface area contributed by atoms with E-state index in [1.54, 1.807) is 47.0 Å². The zero-order chi connectivity index (χ0) is 8.55. The highest BCUT2D eigenvalue weighted by Crippen LogP contribution is 2.58. The van der Waals surface area contributed by atoms with E-state index in [9.17, 15) is 0 Å². The molecule has 0 aromatic rings. The van der Waals surface area contributed by atoms with E-state index < -0.39 is 0 Å². The Bertz CT molecular complexity index is 279. The van der Waals surface area contributed by atoms with Gasteiger partial charge < -0.3 is 0 Å². The predicted molar refractivity (Wildman–Crippen MR) is 65.3 cm³/mol. The number of halogens is 2. The molecule has 2 aliphatic heterocycles. The van der Waals surface area contributed by atoms with Gasteiger partial charge in [-0.1, -0.05) is 70.2 Å². The van der Waals surface area contributed by atoms with Crippen molar-refractivity contribution < 1.29 is 0 Å². The zero-order valence-corrected chi connectivity index (χ0v) is 10.3. The Balaban J connectivity index is 2.16. The largest absolute Gasteiger partial charge is 0.104 e. The van der Waals surface area contributed by atoms with Crippen molar-refractivity contribution in [2.24, 2.45) is 0 Å². The van der Waals surface area contributed by atoms with E-state index in [2.05, 4.69) is 10.8 Å². The summed E-state index contributed by atoms with van der Waals surface area (Å²) < 4.78 is 3.86. The van der Waals surface area contributed by atoms with Gasteiger partial charge in [-0.25, -0.2) is 0 Å². The van der Waals surface area contributed by atoms with E-state index >= 15 is 0 Å². The molecule has 0 fully saturated rings. The lowest BCUT2D eigenvalue weighted by Gasteiger charge is -1.98. The maximum atomic E-state index is 5.85. The van der Waals surface area contributed by atoms with Crippen LogP contribution in [0.3, 0.4) is 0 Å². The number of hydrogen-bond acceptors (Lipinski definition) is 4. The van der Waals surface area contributed by atoms with Crippen LogP contribution in [-0.2, 0) is 0 Å². The Kier molecular flexibility index (Phi) is 3.37. The average Bonchev–Trinajstić information content (AvgIpc) is 2.61. The molecule has 0 N–H and O–H groups in total. The van der Waals surface area contributed by atoms with Gasteiger partial charge >= 0.3 is 0 Å². The standard InChI is InChI=1S/C6H2Cl2S4/c7-3-4(8)12-6(11-3)5-9-1-2-10-5/h1-2H. The van der Waals surface area contributed by atoms with Gasteiger partial charge in [-0.2, -0.15) is 0 Å². The first-order valence-corrected chi connectivity index (χ1v) is 7.06. The van der Waals surface area contributed by atoms with Crippen LogP contribution in [0.5, 0.6) is 0 Å². The minimum Gasteiger partial charge on any atom is -0.0884 e. The van der Waals surface area contributed by atoms with E-state index in [1.807, 2.05) is 0 Å². The molecule has 0 bridgehead atoms. The molecule has 0 saturated heterocycles. The summed E-state index contributed by atoms with van der Waals surface area (Å²) in [5.74, 6) is 0. The van der Waals surface area contributed by atoms with Crippen molar-refractivity contribution in [1.82, 2.24) is 0 Å². The Hall–Kier alpha value is 1.20. The molecule has 64 valence electrons. The van der Waals surface area contributed by atoms with Gasteiger partial charge in [-0.3, -0.25) is 0 Å². The molecular weight excluding hydrogens is 271 g/mol. The molecule has 0 unspecified atom stereocenters.